The Morgan fingerprint density at radius 1 is 0.333 bits per heavy atom. The van der Waals surface area contributed by atoms with Gasteiger partial charge in [-0.25, -0.2) is 0 Å². The number of nitrogens with zero attached hydrogens (tertiary/aromatic N) is 1. The van der Waals surface area contributed by atoms with Gasteiger partial charge in [0.15, 0.2) is 23.4 Å². The second-order valence-electron chi connectivity index (χ2n) is 16.2. The Bertz CT molecular complexity index is 3280. The van der Waals surface area contributed by atoms with Crippen molar-refractivity contribution in [3.8, 4) is 47.4 Å². The highest BCUT2D eigenvalue weighted by molar-refractivity contribution is 8.14. The van der Waals surface area contributed by atoms with Crippen molar-refractivity contribution in [3.63, 3.8) is 0 Å². The first-order valence-corrected chi connectivity index (χ1v) is 26.9. The number of hydrogen-bond donors (Lipinski definition) is 0. The molecule has 0 aliphatic carbocycles. The van der Waals surface area contributed by atoms with Gasteiger partial charge in [0, 0.05) is 92.1 Å². The van der Waals surface area contributed by atoms with Crippen LogP contribution in [0.2, 0.25) is 0 Å². The molecule has 6 nitrogen and oxygen atoms in total. The average Bonchev–Trinajstić information content (AvgIpc) is 3.38. The minimum Gasteiger partial charge on any atom is -0.287 e. The lowest BCUT2D eigenvalue weighted by Gasteiger charge is -2.34. The maximum atomic E-state index is 11.6. The Hall–Kier alpha value is -8.32. The Balaban J connectivity index is 1.22. The third kappa shape index (κ3) is 13.1. The molecule has 0 spiro atoms. The monoisotopic (exact) mass is 1000 g/mol. The second-order valence-corrected chi connectivity index (χ2v) is 23.8. The van der Waals surface area contributed by atoms with Crippen molar-refractivity contribution < 1.29 is 19.3 Å². The molecule has 0 aromatic heterocycles. The Labute approximate surface area is 433 Å². The summed E-state index contributed by atoms with van der Waals surface area (Å²) in [6, 6.07) is 62.9. The largest absolute Gasteiger partial charge is 0.287 e. The van der Waals surface area contributed by atoms with E-state index in [4.69, 9.17) is 0 Å². The molecule has 8 aromatic carbocycles. The van der Waals surface area contributed by atoms with Crippen LogP contribution in [0.1, 0.15) is 65.3 Å². The van der Waals surface area contributed by atoms with Crippen LogP contribution in [0.25, 0.3) is 0 Å². The first kappa shape index (κ1) is 50.1. The lowest BCUT2D eigenvalue weighted by atomic mass is 10.2. The fourth-order valence-electron chi connectivity index (χ4n) is 7.77. The van der Waals surface area contributed by atoms with Crippen LogP contribution in [-0.4, -0.2) is 28.3 Å². The van der Waals surface area contributed by atoms with E-state index in [1.807, 2.05) is 84.9 Å². The highest BCUT2D eigenvalue weighted by Crippen LogP contribution is 2.22. The van der Waals surface area contributed by atoms with Crippen LogP contribution in [0.3, 0.4) is 0 Å². The molecule has 346 valence electrons. The average molecular weight is 1000 g/mol. The van der Waals surface area contributed by atoms with Gasteiger partial charge < -0.3 is 0 Å². The van der Waals surface area contributed by atoms with E-state index in [9.17, 15) is 24.5 Å². The number of non-ortho nitro benzene ring substituents is 1. The third-order valence-corrected chi connectivity index (χ3v) is 18.3. The van der Waals surface area contributed by atoms with Crippen LogP contribution in [0.4, 0.5) is 5.69 Å². The molecule has 0 saturated heterocycles. The van der Waals surface area contributed by atoms with Crippen molar-refractivity contribution in [3.05, 3.63) is 249 Å². The third-order valence-electron chi connectivity index (χ3n) is 11.1. The fourth-order valence-corrected chi connectivity index (χ4v) is 14.3. The van der Waals surface area contributed by atoms with Crippen LogP contribution >= 0.6 is 35.3 Å². The molecule has 0 bridgehead atoms. The lowest BCUT2D eigenvalue weighted by Crippen LogP contribution is -2.74. The summed E-state index contributed by atoms with van der Waals surface area (Å²) in [5.41, 5.74) is 6.52. The van der Waals surface area contributed by atoms with Crippen LogP contribution in [0, 0.1) is 57.5 Å². The van der Waals surface area contributed by atoms with Gasteiger partial charge in [0.1, 0.15) is 0 Å². The molecule has 0 unspecified atom stereocenters. The molecular weight excluding hydrogens is 963 g/mol. The van der Waals surface area contributed by atoms with Crippen LogP contribution in [-0.2, 0) is 14.4 Å². The highest BCUT2D eigenvalue weighted by atomic mass is 32.2. The number of rotatable bonds is 8. The van der Waals surface area contributed by atoms with E-state index in [1.54, 1.807) is 32.9 Å². The van der Waals surface area contributed by atoms with Gasteiger partial charge in [-0.15, -0.1) is 0 Å². The number of thioether (sulfide) groups is 3. The van der Waals surface area contributed by atoms with E-state index >= 15 is 0 Å². The molecule has 0 N–H and O–H groups in total. The molecule has 0 saturated carbocycles. The SMILES string of the molecule is CC(=O)Sc1ccc(C#Cc2ccc([Si](c3ccc(C#Cc4ccc(SC(C)=O)cc4)cc3)(c3ccc(C#Cc4ccc(SC(C)=O)cc4)cc3)c3ccc(C#Cc4ccc([N+](=O)[O-])cc4)cc3)cc2)cc1. The zero-order chi connectivity index (χ0) is 50.5. The molecule has 72 heavy (non-hydrogen) atoms. The summed E-state index contributed by atoms with van der Waals surface area (Å²) in [6.45, 7) is 4.65. The molecule has 0 aliphatic rings. The van der Waals surface area contributed by atoms with Gasteiger partial charge in [0.05, 0.1) is 4.92 Å². The molecular formula is C62H41NO5S3Si. The van der Waals surface area contributed by atoms with Gasteiger partial charge in [0.25, 0.3) is 5.69 Å². The summed E-state index contributed by atoms with van der Waals surface area (Å²) < 4.78 is 0. The topological polar surface area (TPSA) is 94.3 Å². The molecule has 0 aliphatic heterocycles. The molecule has 10 heteroatoms. The van der Waals surface area contributed by atoms with Crippen molar-refractivity contribution in [2.45, 2.75) is 35.5 Å². The summed E-state index contributed by atoms with van der Waals surface area (Å²) in [6.07, 6.45) is 0. The normalized spacial score (nSPS) is 10.4. The fraction of sp³-hybridized carbons (Fsp3) is 0.0484. The van der Waals surface area contributed by atoms with Crippen LogP contribution < -0.4 is 20.7 Å². The Morgan fingerprint density at radius 3 is 0.694 bits per heavy atom. The van der Waals surface area contributed by atoms with Gasteiger partial charge in [0.2, 0.25) is 0 Å². The smallest absolute Gasteiger partial charge is 0.269 e. The number of benzene rings is 8. The van der Waals surface area contributed by atoms with Crippen molar-refractivity contribution in [2.24, 2.45) is 0 Å². The Morgan fingerprint density at radius 2 is 0.514 bits per heavy atom. The van der Waals surface area contributed by atoms with Gasteiger partial charge in [-0.05, 0) is 154 Å². The van der Waals surface area contributed by atoms with Gasteiger partial charge in [-0.1, -0.05) is 131 Å². The number of nitro groups is 1. The minimum atomic E-state index is -3.16. The van der Waals surface area contributed by atoms with E-state index in [1.165, 1.54) is 47.4 Å². The number of nitro benzene ring substituents is 1. The van der Waals surface area contributed by atoms with E-state index in [2.05, 4.69) is 132 Å². The van der Waals surface area contributed by atoms with Crippen molar-refractivity contribution in [1.29, 1.82) is 0 Å². The molecule has 0 fully saturated rings. The van der Waals surface area contributed by atoms with Gasteiger partial charge >= 0.3 is 0 Å². The first-order valence-electron chi connectivity index (χ1n) is 22.5. The number of carbonyl (C=O) groups excluding carboxylic acids is 3. The molecule has 0 amide bonds. The molecule has 8 rings (SSSR count). The number of carbonyl (C=O) groups is 3. The van der Waals surface area contributed by atoms with E-state index in [0.717, 1.165) is 74.4 Å². The lowest BCUT2D eigenvalue weighted by molar-refractivity contribution is -0.384. The minimum absolute atomic E-state index is 0.00877. The summed E-state index contributed by atoms with van der Waals surface area (Å²) in [5.74, 6) is 26.3. The quantitative estimate of drug-likeness (QED) is 0.0371. The predicted octanol–water partition coefficient (Wildman–Crippen LogP) is 10.5. The summed E-state index contributed by atoms with van der Waals surface area (Å²) in [4.78, 5) is 48.3. The maximum Gasteiger partial charge on any atom is 0.269 e. The molecule has 0 radical (unpaired) electrons. The van der Waals surface area contributed by atoms with Gasteiger partial charge in [-0.3, -0.25) is 24.5 Å². The van der Waals surface area contributed by atoms with Crippen molar-refractivity contribution in [1.82, 2.24) is 0 Å². The zero-order valence-electron chi connectivity index (χ0n) is 39.2. The summed E-state index contributed by atoms with van der Waals surface area (Å²) in [5, 5.41) is 15.8. The first-order chi connectivity index (χ1) is 34.9. The van der Waals surface area contributed by atoms with Crippen LogP contribution in [0.15, 0.2) is 209 Å². The molecule has 8 aromatic rings. The second kappa shape index (κ2) is 23.5. The Kier molecular flexibility index (Phi) is 16.4. The number of hydrogen-bond acceptors (Lipinski definition) is 8. The van der Waals surface area contributed by atoms with E-state index < -0.39 is 13.0 Å². The molecule has 0 heterocycles. The van der Waals surface area contributed by atoms with E-state index in [-0.39, 0.29) is 21.0 Å². The van der Waals surface area contributed by atoms with Crippen molar-refractivity contribution in [2.75, 3.05) is 0 Å². The van der Waals surface area contributed by atoms with Gasteiger partial charge in [-0.2, -0.15) is 0 Å². The zero-order valence-corrected chi connectivity index (χ0v) is 42.6. The standard InChI is InChI=1S/C62H41NO5S3Si/c1-44(64)69-56-30-14-48(15-31-56)5-9-52-22-38-60(39-23-52)72(59-36-20-51(21-37-59)8-4-47-12-28-55(29-13-47)63(67)68,61-40-24-53(25-41-61)10-6-49-16-32-57(33-17-49)70-45(2)65)62-42-26-54(27-43-62)11-7-50-18-34-58(35-19-50)71-46(3)66/h12-43H,1-3H3. The predicted molar refractivity (Wildman–Crippen MR) is 296 cm³/mol. The van der Waals surface area contributed by atoms with Crippen LogP contribution in [0.5, 0.6) is 0 Å². The summed E-state index contributed by atoms with van der Waals surface area (Å²) >= 11 is 3.57. The summed E-state index contributed by atoms with van der Waals surface area (Å²) in [7, 11) is -3.16. The maximum absolute atomic E-state index is 11.6. The van der Waals surface area contributed by atoms with E-state index in [0.29, 0.717) is 5.56 Å². The van der Waals surface area contributed by atoms with Crippen molar-refractivity contribution >= 4 is 85.1 Å². The highest BCUT2D eigenvalue weighted by Gasteiger charge is 2.41. The molecule has 0 atom stereocenters.